The number of benzene rings is 3. The zero-order valence-electron chi connectivity index (χ0n) is 16.7. The summed E-state index contributed by atoms with van der Waals surface area (Å²) in [5.74, 6) is -0.656. The van der Waals surface area contributed by atoms with Gasteiger partial charge in [0.1, 0.15) is 6.54 Å². The molecule has 0 bridgehead atoms. The molecule has 2 saturated heterocycles. The second-order valence-corrected chi connectivity index (χ2v) is 8.49. The Kier molecular flexibility index (Phi) is 5.21. The summed E-state index contributed by atoms with van der Waals surface area (Å²) in [5.41, 5.74) is 0.902. The zero-order valence-corrected chi connectivity index (χ0v) is 17.6. The van der Waals surface area contributed by atoms with Gasteiger partial charge >= 0.3 is 0 Å². The second kappa shape index (κ2) is 8.17. The van der Waals surface area contributed by atoms with Gasteiger partial charge in [-0.2, -0.15) is 0 Å². The van der Waals surface area contributed by atoms with Crippen LogP contribution >= 0.6 is 11.8 Å². The van der Waals surface area contributed by atoms with Gasteiger partial charge in [-0.3, -0.25) is 19.3 Å². The average Bonchev–Trinajstić information content (AvgIpc) is 3.06. The number of ether oxygens (including phenoxy) is 1. The molecule has 0 aromatic heterocycles. The summed E-state index contributed by atoms with van der Waals surface area (Å²) >= 11 is 0.885. The number of hydrogen-bond donors (Lipinski definition) is 0. The SMILES string of the molecule is O=C(CN1C(=O)S/C(=C\c2c3ccccc3cc3ccccc23)C1=O)N1CCOCC1. The molecule has 3 aromatic carbocycles. The van der Waals surface area contributed by atoms with Crippen molar-refractivity contribution >= 4 is 56.4 Å². The van der Waals surface area contributed by atoms with Crippen LogP contribution in [-0.4, -0.2) is 59.7 Å². The fourth-order valence-electron chi connectivity index (χ4n) is 4.02. The number of carbonyl (C=O) groups excluding carboxylic acids is 3. The summed E-state index contributed by atoms with van der Waals surface area (Å²) < 4.78 is 5.26. The molecule has 0 radical (unpaired) electrons. The molecule has 3 aromatic rings. The molecule has 5 rings (SSSR count). The van der Waals surface area contributed by atoms with Gasteiger partial charge in [0, 0.05) is 13.1 Å². The molecule has 0 aliphatic carbocycles. The first-order valence-corrected chi connectivity index (χ1v) is 10.9. The molecular weight excluding hydrogens is 412 g/mol. The van der Waals surface area contributed by atoms with Crippen molar-refractivity contribution in [3.8, 4) is 0 Å². The minimum atomic E-state index is -0.423. The molecule has 2 heterocycles. The van der Waals surface area contributed by atoms with E-state index in [1.54, 1.807) is 11.0 Å². The van der Waals surface area contributed by atoms with Gasteiger partial charge in [-0.15, -0.1) is 0 Å². The van der Waals surface area contributed by atoms with Crippen LogP contribution in [0.25, 0.3) is 27.6 Å². The molecule has 3 amide bonds. The van der Waals surface area contributed by atoms with Gasteiger partial charge in [0.2, 0.25) is 5.91 Å². The maximum atomic E-state index is 13.0. The smallest absolute Gasteiger partial charge is 0.294 e. The summed E-state index contributed by atoms with van der Waals surface area (Å²) in [6.45, 7) is 1.67. The molecule has 156 valence electrons. The molecule has 0 atom stereocenters. The van der Waals surface area contributed by atoms with E-state index in [0.717, 1.165) is 43.8 Å². The lowest BCUT2D eigenvalue weighted by atomic mass is 9.96. The van der Waals surface area contributed by atoms with Crippen LogP contribution in [0.1, 0.15) is 5.56 Å². The van der Waals surface area contributed by atoms with Gasteiger partial charge in [-0.1, -0.05) is 48.5 Å². The summed E-state index contributed by atoms with van der Waals surface area (Å²) in [6, 6.07) is 18.1. The highest BCUT2D eigenvalue weighted by molar-refractivity contribution is 8.18. The van der Waals surface area contributed by atoms with Crippen LogP contribution in [0.5, 0.6) is 0 Å². The molecule has 0 saturated carbocycles. The van der Waals surface area contributed by atoms with E-state index in [-0.39, 0.29) is 12.5 Å². The van der Waals surface area contributed by atoms with Crippen molar-refractivity contribution in [2.75, 3.05) is 32.8 Å². The normalized spacial score (nSPS) is 18.5. The van der Waals surface area contributed by atoms with Crippen LogP contribution in [0.2, 0.25) is 0 Å². The van der Waals surface area contributed by atoms with E-state index in [9.17, 15) is 14.4 Å². The van der Waals surface area contributed by atoms with Crippen molar-refractivity contribution in [1.29, 1.82) is 0 Å². The quantitative estimate of drug-likeness (QED) is 0.464. The number of morpholine rings is 1. The van der Waals surface area contributed by atoms with Crippen molar-refractivity contribution in [3.05, 3.63) is 65.1 Å². The summed E-state index contributed by atoms with van der Waals surface area (Å²) in [7, 11) is 0. The highest BCUT2D eigenvalue weighted by Gasteiger charge is 2.37. The number of hydrogen-bond acceptors (Lipinski definition) is 5. The Morgan fingerprint density at radius 3 is 2.23 bits per heavy atom. The van der Waals surface area contributed by atoms with Crippen molar-refractivity contribution in [2.45, 2.75) is 0 Å². The minimum absolute atomic E-state index is 0.234. The van der Waals surface area contributed by atoms with E-state index in [1.165, 1.54) is 0 Å². The number of fused-ring (bicyclic) bond motifs is 2. The topological polar surface area (TPSA) is 66.9 Å². The van der Waals surface area contributed by atoms with Gasteiger partial charge < -0.3 is 9.64 Å². The molecule has 0 unspecified atom stereocenters. The standard InChI is InChI=1S/C24H20N2O4S/c27-22(25-9-11-30-12-10-25)15-26-23(28)21(31-24(26)29)14-20-18-7-3-1-5-16(18)13-17-6-2-4-8-19(17)20/h1-8,13-14H,9-12,15H2/b21-14-. The lowest BCUT2D eigenvalue weighted by Gasteiger charge is -2.28. The first-order valence-electron chi connectivity index (χ1n) is 10.1. The number of imide groups is 1. The largest absolute Gasteiger partial charge is 0.378 e. The van der Waals surface area contributed by atoms with Gasteiger partial charge in [0.15, 0.2) is 0 Å². The van der Waals surface area contributed by atoms with Gasteiger partial charge in [0.25, 0.3) is 11.1 Å². The molecular formula is C24H20N2O4S. The Hall–Kier alpha value is -3.16. The monoisotopic (exact) mass is 432 g/mol. The average molecular weight is 433 g/mol. The van der Waals surface area contributed by atoms with Crippen LogP contribution in [0.15, 0.2) is 59.5 Å². The Labute approximate surface area is 183 Å². The van der Waals surface area contributed by atoms with Gasteiger partial charge in [-0.05, 0) is 51.0 Å². The Morgan fingerprint density at radius 1 is 0.968 bits per heavy atom. The van der Waals surface area contributed by atoms with Crippen LogP contribution in [0, 0.1) is 0 Å². The maximum absolute atomic E-state index is 13.0. The van der Waals surface area contributed by atoms with Crippen LogP contribution in [0.4, 0.5) is 4.79 Å². The molecule has 0 spiro atoms. The maximum Gasteiger partial charge on any atom is 0.294 e. The minimum Gasteiger partial charge on any atom is -0.378 e. The molecule has 6 nitrogen and oxygen atoms in total. The predicted molar refractivity (Wildman–Crippen MR) is 122 cm³/mol. The first-order chi connectivity index (χ1) is 15.1. The van der Waals surface area contributed by atoms with E-state index in [1.807, 2.05) is 48.5 Å². The second-order valence-electron chi connectivity index (χ2n) is 7.49. The molecule has 0 N–H and O–H groups in total. The third-order valence-electron chi connectivity index (χ3n) is 5.62. The van der Waals surface area contributed by atoms with E-state index in [0.29, 0.717) is 31.2 Å². The number of thioether (sulfide) groups is 1. The third-order valence-corrected chi connectivity index (χ3v) is 6.53. The van der Waals surface area contributed by atoms with Crippen molar-refractivity contribution in [3.63, 3.8) is 0 Å². The Morgan fingerprint density at radius 2 is 1.58 bits per heavy atom. The fourth-order valence-corrected chi connectivity index (χ4v) is 4.84. The predicted octanol–water partition coefficient (Wildman–Crippen LogP) is 3.89. The summed E-state index contributed by atoms with van der Waals surface area (Å²) in [5, 5.41) is 3.74. The van der Waals surface area contributed by atoms with E-state index in [4.69, 9.17) is 4.74 Å². The highest BCUT2D eigenvalue weighted by atomic mass is 32.2. The number of carbonyl (C=O) groups is 3. The first kappa shape index (κ1) is 19.8. The number of rotatable bonds is 3. The molecule has 2 aliphatic heterocycles. The third kappa shape index (κ3) is 3.71. The number of amides is 3. The zero-order chi connectivity index (χ0) is 21.4. The Balaban J connectivity index is 1.50. The molecule has 2 fully saturated rings. The lowest BCUT2D eigenvalue weighted by molar-refractivity contribution is -0.139. The molecule has 7 heteroatoms. The van der Waals surface area contributed by atoms with Gasteiger partial charge in [-0.25, -0.2) is 0 Å². The van der Waals surface area contributed by atoms with Crippen LogP contribution < -0.4 is 0 Å². The fraction of sp³-hybridized carbons (Fsp3) is 0.208. The lowest BCUT2D eigenvalue weighted by Crippen LogP contribution is -2.46. The van der Waals surface area contributed by atoms with E-state index in [2.05, 4.69) is 6.07 Å². The molecule has 31 heavy (non-hydrogen) atoms. The van der Waals surface area contributed by atoms with Crippen LogP contribution in [0.3, 0.4) is 0 Å². The van der Waals surface area contributed by atoms with Gasteiger partial charge in [0.05, 0.1) is 18.1 Å². The summed E-state index contributed by atoms with van der Waals surface area (Å²) in [6.07, 6.45) is 1.79. The Bertz CT molecular complexity index is 1190. The van der Waals surface area contributed by atoms with Crippen LogP contribution in [-0.2, 0) is 14.3 Å². The van der Waals surface area contributed by atoms with Crippen molar-refractivity contribution in [1.82, 2.24) is 9.80 Å². The van der Waals surface area contributed by atoms with E-state index >= 15 is 0 Å². The van der Waals surface area contributed by atoms with Crippen molar-refractivity contribution in [2.24, 2.45) is 0 Å². The van der Waals surface area contributed by atoms with E-state index < -0.39 is 11.1 Å². The highest BCUT2D eigenvalue weighted by Crippen LogP contribution is 2.36. The molecule has 2 aliphatic rings. The van der Waals surface area contributed by atoms with Crippen molar-refractivity contribution < 1.29 is 19.1 Å². The summed E-state index contributed by atoms with van der Waals surface area (Å²) in [4.78, 5) is 41.2. The number of nitrogens with zero attached hydrogens (tertiary/aromatic N) is 2.